The topological polar surface area (TPSA) is 87.6 Å². The lowest BCUT2D eigenvalue weighted by molar-refractivity contribution is -0.139. The van der Waals surface area contributed by atoms with Crippen LogP contribution in [0.3, 0.4) is 0 Å². The third-order valence-corrected chi connectivity index (χ3v) is 3.36. The predicted octanol–water partition coefficient (Wildman–Crippen LogP) is 2.51. The number of esters is 1. The van der Waals surface area contributed by atoms with Gasteiger partial charge in [-0.15, -0.1) is 0 Å². The molecular formula is C17H16N2O4. The molecule has 0 bridgehead atoms. The van der Waals surface area contributed by atoms with Crippen molar-refractivity contribution in [2.45, 2.75) is 6.42 Å². The molecule has 0 spiro atoms. The molecule has 3 rings (SSSR count). The second-order valence-corrected chi connectivity index (χ2v) is 4.91. The summed E-state index contributed by atoms with van der Waals surface area (Å²) in [6.45, 7) is 0.105. The van der Waals surface area contributed by atoms with Crippen molar-refractivity contribution in [1.29, 1.82) is 0 Å². The van der Waals surface area contributed by atoms with Crippen molar-refractivity contribution in [2.24, 2.45) is 5.73 Å². The van der Waals surface area contributed by atoms with Crippen molar-refractivity contribution in [1.82, 2.24) is 4.98 Å². The second kappa shape index (κ2) is 6.50. The first-order valence-electron chi connectivity index (χ1n) is 7.09. The van der Waals surface area contributed by atoms with Gasteiger partial charge < -0.3 is 13.9 Å². The monoisotopic (exact) mass is 312 g/mol. The van der Waals surface area contributed by atoms with E-state index >= 15 is 0 Å². The molecule has 0 atom stereocenters. The van der Waals surface area contributed by atoms with Gasteiger partial charge in [0.25, 0.3) is 0 Å². The number of hydrogen-bond donors (Lipinski definition) is 1. The van der Waals surface area contributed by atoms with E-state index in [2.05, 4.69) is 9.72 Å². The summed E-state index contributed by atoms with van der Waals surface area (Å²) in [7, 11) is 1.37. The number of ether oxygens (including phenoxy) is 2. The third-order valence-electron chi connectivity index (χ3n) is 3.36. The van der Waals surface area contributed by atoms with Crippen molar-refractivity contribution in [2.75, 3.05) is 13.8 Å². The highest BCUT2D eigenvalue weighted by Gasteiger charge is 2.11. The van der Waals surface area contributed by atoms with Crippen LogP contribution in [0.15, 0.2) is 46.9 Å². The van der Waals surface area contributed by atoms with Crippen molar-refractivity contribution < 1.29 is 18.7 Å². The van der Waals surface area contributed by atoms with Crippen LogP contribution in [0.4, 0.5) is 0 Å². The zero-order chi connectivity index (χ0) is 16.2. The zero-order valence-corrected chi connectivity index (χ0v) is 12.6. The average molecular weight is 312 g/mol. The molecule has 6 nitrogen and oxygen atoms in total. The molecule has 0 aliphatic heterocycles. The van der Waals surface area contributed by atoms with Gasteiger partial charge in [-0.3, -0.25) is 10.5 Å². The number of methoxy groups -OCH3 is 1. The summed E-state index contributed by atoms with van der Waals surface area (Å²) < 4.78 is 15.7. The second-order valence-electron chi connectivity index (χ2n) is 4.91. The summed E-state index contributed by atoms with van der Waals surface area (Å²) in [4.78, 5) is 15.8. The summed E-state index contributed by atoms with van der Waals surface area (Å²) in [5, 5.41) is 0. The van der Waals surface area contributed by atoms with Gasteiger partial charge in [0.05, 0.1) is 13.5 Å². The number of benzene rings is 2. The Hall–Kier alpha value is -2.86. The number of carbonyl (C=O) groups is 1. The van der Waals surface area contributed by atoms with E-state index in [1.165, 1.54) is 7.11 Å². The minimum absolute atomic E-state index is 0.105. The minimum atomic E-state index is -0.292. The number of nitrogens with two attached hydrogens (primary N) is 1. The molecule has 2 N–H and O–H groups in total. The molecule has 1 heterocycles. The first-order valence-corrected chi connectivity index (χ1v) is 7.09. The van der Waals surface area contributed by atoms with Crippen molar-refractivity contribution in [3.63, 3.8) is 0 Å². The minimum Gasteiger partial charge on any atom is -0.479 e. The van der Waals surface area contributed by atoms with Crippen molar-refractivity contribution in [3.8, 4) is 17.2 Å². The van der Waals surface area contributed by atoms with Gasteiger partial charge >= 0.3 is 5.97 Å². The molecule has 0 fully saturated rings. The lowest BCUT2D eigenvalue weighted by Crippen LogP contribution is -2.07. The standard InChI is InChI=1S/C17H16N2O4/c1-21-16(20)8-11-5-6-15-14(7-11)19-17(23-15)12-3-2-4-13(9-12)22-10-18/h2-7,9H,8,10,18H2,1H3. The molecule has 0 aliphatic carbocycles. The highest BCUT2D eigenvalue weighted by atomic mass is 16.5. The summed E-state index contributed by atoms with van der Waals surface area (Å²) in [6, 6.07) is 12.8. The fourth-order valence-corrected chi connectivity index (χ4v) is 2.26. The first-order chi connectivity index (χ1) is 11.2. The molecule has 2 aromatic carbocycles. The fourth-order valence-electron chi connectivity index (χ4n) is 2.26. The largest absolute Gasteiger partial charge is 0.479 e. The summed E-state index contributed by atoms with van der Waals surface area (Å²) >= 11 is 0. The van der Waals surface area contributed by atoms with Crippen molar-refractivity contribution in [3.05, 3.63) is 48.0 Å². The van der Waals surface area contributed by atoms with E-state index < -0.39 is 0 Å². The molecule has 3 aromatic rings. The van der Waals surface area contributed by atoms with Crippen LogP contribution in [0.25, 0.3) is 22.6 Å². The van der Waals surface area contributed by atoms with E-state index in [4.69, 9.17) is 14.9 Å². The van der Waals surface area contributed by atoms with Gasteiger partial charge in [-0.1, -0.05) is 12.1 Å². The number of fused-ring (bicyclic) bond motifs is 1. The molecule has 0 aliphatic rings. The van der Waals surface area contributed by atoms with Crippen LogP contribution in [0.5, 0.6) is 5.75 Å². The van der Waals surface area contributed by atoms with E-state index in [1.54, 1.807) is 6.07 Å². The molecule has 1 aromatic heterocycles. The molecule has 0 saturated carbocycles. The normalized spacial score (nSPS) is 10.7. The summed E-state index contributed by atoms with van der Waals surface area (Å²) in [5.74, 6) is 0.844. The maximum atomic E-state index is 11.4. The Bertz CT molecular complexity index is 841. The smallest absolute Gasteiger partial charge is 0.309 e. The van der Waals surface area contributed by atoms with Gasteiger partial charge in [0, 0.05) is 5.56 Å². The zero-order valence-electron chi connectivity index (χ0n) is 12.6. The lowest BCUT2D eigenvalue weighted by atomic mass is 10.1. The average Bonchev–Trinajstić information content (AvgIpc) is 2.98. The number of aromatic nitrogens is 1. The number of rotatable bonds is 5. The molecule has 23 heavy (non-hydrogen) atoms. The van der Waals surface area contributed by atoms with Crippen molar-refractivity contribution >= 4 is 17.1 Å². The number of nitrogens with zero attached hydrogens (tertiary/aromatic N) is 1. The Morgan fingerprint density at radius 1 is 1.26 bits per heavy atom. The Balaban J connectivity index is 1.93. The Labute approximate surface area is 132 Å². The maximum Gasteiger partial charge on any atom is 0.309 e. The van der Waals surface area contributed by atoms with Crippen LogP contribution < -0.4 is 10.5 Å². The number of hydrogen-bond acceptors (Lipinski definition) is 6. The van der Waals surface area contributed by atoms with Gasteiger partial charge in [-0.25, -0.2) is 4.98 Å². The Kier molecular flexibility index (Phi) is 4.25. The highest BCUT2D eigenvalue weighted by Crippen LogP contribution is 2.27. The predicted molar refractivity (Wildman–Crippen MR) is 84.8 cm³/mol. The van der Waals surface area contributed by atoms with E-state index in [9.17, 15) is 4.79 Å². The van der Waals surface area contributed by atoms with Gasteiger partial charge in [0.15, 0.2) is 5.58 Å². The summed E-state index contributed by atoms with van der Waals surface area (Å²) in [5.41, 5.74) is 8.33. The number of carbonyl (C=O) groups excluding carboxylic acids is 1. The molecule has 0 unspecified atom stereocenters. The highest BCUT2D eigenvalue weighted by molar-refractivity contribution is 5.79. The molecule has 0 amide bonds. The van der Waals surface area contributed by atoms with Crippen LogP contribution >= 0.6 is 0 Å². The third kappa shape index (κ3) is 3.32. The lowest BCUT2D eigenvalue weighted by Gasteiger charge is -2.03. The van der Waals surface area contributed by atoms with Crippen LogP contribution in [-0.2, 0) is 16.0 Å². The van der Waals surface area contributed by atoms with Crippen LogP contribution in [-0.4, -0.2) is 24.8 Å². The first kappa shape index (κ1) is 15.1. The maximum absolute atomic E-state index is 11.4. The molecule has 6 heteroatoms. The van der Waals surface area contributed by atoms with Gasteiger partial charge in [-0.05, 0) is 35.9 Å². The Morgan fingerprint density at radius 2 is 2.13 bits per heavy atom. The Morgan fingerprint density at radius 3 is 2.91 bits per heavy atom. The van der Waals surface area contributed by atoms with E-state index in [0.717, 1.165) is 11.1 Å². The van der Waals surface area contributed by atoms with Gasteiger partial charge in [0.2, 0.25) is 5.89 Å². The quantitative estimate of drug-likeness (QED) is 0.575. The van der Waals surface area contributed by atoms with Gasteiger partial charge in [0.1, 0.15) is 18.0 Å². The fraction of sp³-hybridized carbons (Fsp3) is 0.176. The summed E-state index contributed by atoms with van der Waals surface area (Å²) in [6.07, 6.45) is 0.203. The molecule has 0 radical (unpaired) electrons. The molecular weight excluding hydrogens is 296 g/mol. The molecule has 0 saturated heterocycles. The van der Waals surface area contributed by atoms with E-state index in [1.807, 2.05) is 36.4 Å². The van der Waals surface area contributed by atoms with Crippen LogP contribution in [0.1, 0.15) is 5.56 Å². The van der Waals surface area contributed by atoms with Crippen LogP contribution in [0.2, 0.25) is 0 Å². The van der Waals surface area contributed by atoms with Gasteiger partial charge in [-0.2, -0.15) is 0 Å². The molecule has 118 valence electrons. The SMILES string of the molecule is COC(=O)Cc1ccc2oc(-c3cccc(OCN)c3)nc2c1. The van der Waals surface area contributed by atoms with E-state index in [0.29, 0.717) is 22.7 Å². The van der Waals surface area contributed by atoms with E-state index in [-0.39, 0.29) is 19.1 Å². The number of oxazole rings is 1. The van der Waals surface area contributed by atoms with Crippen LogP contribution in [0, 0.1) is 0 Å².